The SMILES string of the molecule is CC(C)C(C)N(C)CCC(=O)c1cccc(F)c1. The van der Waals surface area contributed by atoms with E-state index in [2.05, 4.69) is 25.7 Å². The Labute approximate surface area is 109 Å². The number of carbonyl (C=O) groups excluding carboxylic acids is 1. The van der Waals surface area contributed by atoms with Crippen molar-refractivity contribution >= 4 is 5.78 Å². The molecule has 0 heterocycles. The topological polar surface area (TPSA) is 20.3 Å². The summed E-state index contributed by atoms with van der Waals surface area (Å²) in [7, 11) is 2.02. The van der Waals surface area contributed by atoms with Gasteiger partial charge in [0.2, 0.25) is 0 Å². The summed E-state index contributed by atoms with van der Waals surface area (Å²) < 4.78 is 13.0. The molecule has 1 atom stereocenters. The van der Waals surface area contributed by atoms with Gasteiger partial charge >= 0.3 is 0 Å². The molecule has 0 fully saturated rings. The van der Waals surface area contributed by atoms with Crippen LogP contribution in [0.4, 0.5) is 4.39 Å². The minimum atomic E-state index is -0.357. The maximum atomic E-state index is 13.0. The molecule has 0 aromatic heterocycles. The largest absolute Gasteiger partial charge is 0.303 e. The van der Waals surface area contributed by atoms with E-state index in [1.165, 1.54) is 12.1 Å². The monoisotopic (exact) mass is 251 g/mol. The van der Waals surface area contributed by atoms with Gasteiger partial charge in [0, 0.05) is 24.6 Å². The van der Waals surface area contributed by atoms with Crippen molar-refractivity contribution in [2.75, 3.05) is 13.6 Å². The van der Waals surface area contributed by atoms with Gasteiger partial charge < -0.3 is 4.90 Å². The van der Waals surface area contributed by atoms with E-state index in [0.717, 1.165) is 0 Å². The number of hydrogen-bond acceptors (Lipinski definition) is 2. The third-order valence-corrected chi connectivity index (χ3v) is 3.50. The van der Waals surface area contributed by atoms with Gasteiger partial charge in [0.05, 0.1) is 0 Å². The molecule has 0 saturated heterocycles. The summed E-state index contributed by atoms with van der Waals surface area (Å²) in [5.74, 6) is 0.196. The Kier molecular flexibility index (Phi) is 5.48. The average molecular weight is 251 g/mol. The van der Waals surface area contributed by atoms with E-state index in [0.29, 0.717) is 30.5 Å². The first-order valence-corrected chi connectivity index (χ1v) is 6.41. The van der Waals surface area contributed by atoms with Crippen molar-refractivity contribution in [1.29, 1.82) is 0 Å². The highest BCUT2D eigenvalue weighted by atomic mass is 19.1. The van der Waals surface area contributed by atoms with Gasteiger partial charge in [-0.3, -0.25) is 4.79 Å². The van der Waals surface area contributed by atoms with Crippen molar-refractivity contribution in [3.63, 3.8) is 0 Å². The molecule has 18 heavy (non-hydrogen) atoms. The molecule has 1 unspecified atom stereocenters. The van der Waals surface area contributed by atoms with Gasteiger partial charge in [-0.15, -0.1) is 0 Å². The van der Waals surface area contributed by atoms with E-state index >= 15 is 0 Å². The van der Waals surface area contributed by atoms with Crippen LogP contribution in [0, 0.1) is 11.7 Å². The van der Waals surface area contributed by atoms with Crippen molar-refractivity contribution in [2.45, 2.75) is 33.2 Å². The zero-order chi connectivity index (χ0) is 13.7. The summed E-state index contributed by atoms with van der Waals surface area (Å²) in [4.78, 5) is 14.1. The summed E-state index contributed by atoms with van der Waals surface area (Å²) in [5.41, 5.74) is 0.459. The second-order valence-corrected chi connectivity index (χ2v) is 5.15. The van der Waals surface area contributed by atoms with Crippen LogP contribution in [0.15, 0.2) is 24.3 Å². The van der Waals surface area contributed by atoms with Crippen LogP contribution < -0.4 is 0 Å². The summed E-state index contributed by atoms with van der Waals surface area (Å²) in [6, 6.07) is 6.32. The molecule has 0 saturated carbocycles. The lowest BCUT2D eigenvalue weighted by Crippen LogP contribution is -2.34. The van der Waals surface area contributed by atoms with Crippen LogP contribution >= 0.6 is 0 Å². The summed E-state index contributed by atoms with van der Waals surface area (Å²) in [5, 5.41) is 0. The number of hydrogen-bond donors (Lipinski definition) is 0. The number of Topliss-reactive ketones (excluding diaryl/α,β-unsaturated/α-hetero) is 1. The van der Waals surface area contributed by atoms with Crippen molar-refractivity contribution < 1.29 is 9.18 Å². The first-order valence-electron chi connectivity index (χ1n) is 6.41. The van der Waals surface area contributed by atoms with Crippen LogP contribution in [-0.2, 0) is 0 Å². The highest BCUT2D eigenvalue weighted by molar-refractivity contribution is 5.96. The Hall–Kier alpha value is -1.22. The fourth-order valence-electron chi connectivity index (χ4n) is 1.80. The molecule has 0 aliphatic carbocycles. The van der Waals surface area contributed by atoms with Crippen molar-refractivity contribution in [3.05, 3.63) is 35.6 Å². The molecule has 0 aliphatic heterocycles. The number of nitrogens with zero attached hydrogens (tertiary/aromatic N) is 1. The van der Waals surface area contributed by atoms with Gasteiger partial charge in [-0.05, 0) is 32.0 Å². The summed E-state index contributed by atoms with van der Waals surface area (Å²) in [6.45, 7) is 7.18. The summed E-state index contributed by atoms with van der Waals surface area (Å²) in [6.07, 6.45) is 0.428. The van der Waals surface area contributed by atoms with Gasteiger partial charge in [0.15, 0.2) is 5.78 Å². The predicted octanol–water partition coefficient (Wildman–Crippen LogP) is 3.37. The quantitative estimate of drug-likeness (QED) is 0.722. The van der Waals surface area contributed by atoms with Crippen molar-refractivity contribution in [1.82, 2.24) is 4.90 Å². The van der Waals surface area contributed by atoms with E-state index in [1.807, 2.05) is 7.05 Å². The minimum Gasteiger partial charge on any atom is -0.303 e. The van der Waals surface area contributed by atoms with Crippen LogP contribution in [0.5, 0.6) is 0 Å². The van der Waals surface area contributed by atoms with Gasteiger partial charge in [-0.1, -0.05) is 26.0 Å². The molecule has 0 aliphatic rings. The Balaban J connectivity index is 2.51. The van der Waals surface area contributed by atoms with Crippen molar-refractivity contribution in [2.24, 2.45) is 5.92 Å². The lowest BCUT2D eigenvalue weighted by molar-refractivity contribution is 0.0954. The standard InChI is InChI=1S/C15H22FNO/c1-11(2)12(3)17(4)9-8-15(18)13-6-5-7-14(16)10-13/h5-7,10-12H,8-9H2,1-4H3. The third-order valence-electron chi connectivity index (χ3n) is 3.50. The first kappa shape index (κ1) is 14.8. The number of halogens is 1. The first-order chi connectivity index (χ1) is 8.41. The van der Waals surface area contributed by atoms with Crippen LogP contribution in [0.25, 0.3) is 0 Å². The molecule has 0 amide bonds. The number of ketones is 1. The Morgan fingerprint density at radius 3 is 2.56 bits per heavy atom. The number of rotatable bonds is 6. The Morgan fingerprint density at radius 1 is 1.33 bits per heavy atom. The number of benzene rings is 1. The Morgan fingerprint density at radius 2 is 2.00 bits per heavy atom. The van der Waals surface area contributed by atoms with Crippen LogP contribution in [0.3, 0.4) is 0 Å². The zero-order valence-electron chi connectivity index (χ0n) is 11.6. The second kappa shape index (κ2) is 6.64. The van der Waals surface area contributed by atoms with E-state index < -0.39 is 0 Å². The maximum absolute atomic E-state index is 13.0. The molecule has 2 nitrogen and oxygen atoms in total. The van der Waals surface area contributed by atoms with Crippen molar-refractivity contribution in [3.8, 4) is 0 Å². The number of carbonyl (C=O) groups is 1. The fourth-order valence-corrected chi connectivity index (χ4v) is 1.80. The molecule has 1 aromatic carbocycles. The van der Waals surface area contributed by atoms with Crippen LogP contribution in [0.1, 0.15) is 37.6 Å². The van der Waals surface area contributed by atoms with Crippen LogP contribution in [-0.4, -0.2) is 30.3 Å². The normalized spacial score (nSPS) is 13.1. The molecular weight excluding hydrogens is 229 g/mol. The van der Waals surface area contributed by atoms with Crippen LogP contribution in [0.2, 0.25) is 0 Å². The van der Waals surface area contributed by atoms with Gasteiger partial charge in [0.25, 0.3) is 0 Å². The lowest BCUT2D eigenvalue weighted by Gasteiger charge is -2.27. The van der Waals surface area contributed by atoms with Gasteiger partial charge in [-0.2, -0.15) is 0 Å². The predicted molar refractivity (Wildman–Crippen MR) is 72.3 cm³/mol. The minimum absolute atomic E-state index is 0.00249. The molecule has 100 valence electrons. The van der Waals surface area contributed by atoms with E-state index in [9.17, 15) is 9.18 Å². The molecule has 0 bridgehead atoms. The highest BCUT2D eigenvalue weighted by Crippen LogP contribution is 2.11. The molecule has 0 spiro atoms. The second-order valence-electron chi connectivity index (χ2n) is 5.15. The van der Waals surface area contributed by atoms with E-state index in [4.69, 9.17) is 0 Å². The molecule has 1 rings (SSSR count). The van der Waals surface area contributed by atoms with Gasteiger partial charge in [0.1, 0.15) is 5.82 Å². The molecule has 0 N–H and O–H groups in total. The molecule has 1 aromatic rings. The molecular formula is C15H22FNO. The molecule has 0 radical (unpaired) electrons. The molecule has 3 heteroatoms. The zero-order valence-corrected chi connectivity index (χ0v) is 11.6. The van der Waals surface area contributed by atoms with E-state index in [1.54, 1.807) is 12.1 Å². The summed E-state index contributed by atoms with van der Waals surface area (Å²) >= 11 is 0. The maximum Gasteiger partial charge on any atom is 0.164 e. The smallest absolute Gasteiger partial charge is 0.164 e. The van der Waals surface area contributed by atoms with Gasteiger partial charge in [-0.25, -0.2) is 4.39 Å². The fraction of sp³-hybridized carbons (Fsp3) is 0.533. The van der Waals surface area contributed by atoms with E-state index in [-0.39, 0.29) is 11.6 Å². The third kappa shape index (κ3) is 4.22. The highest BCUT2D eigenvalue weighted by Gasteiger charge is 2.14. The Bertz CT molecular complexity index is 403. The average Bonchev–Trinajstić information content (AvgIpc) is 2.34. The lowest BCUT2D eigenvalue weighted by atomic mass is 10.0.